The van der Waals surface area contributed by atoms with E-state index in [1.165, 1.54) is 6.42 Å². The van der Waals surface area contributed by atoms with Crippen molar-refractivity contribution >= 4 is 11.8 Å². The predicted octanol–water partition coefficient (Wildman–Crippen LogP) is 1.78. The second-order valence-corrected chi connectivity index (χ2v) is 5.54. The van der Waals surface area contributed by atoms with Gasteiger partial charge in [-0.3, -0.25) is 9.59 Å². The maximum absolute atomic E-state index is 12.6. The van der Waals surface area contributed by atoms with E-state index in [2.05, 4.69) is 0 Å². The molecular weight excluding hydrogens is 256 g/mol. The minimum absolute atomic E-state index is 0.0526. The molecule has 0 aliphatic carbocycles. The van der Waals surface area contributed by atoms with Gasteiger partial charge in [0.1, 0.15) is 11.8 Å². The van der Waals surface area contributed by atoms with Gasteiger partial charge in [0.25, 0.3) is 0 Å². The van der Waals surface area contributed by atoms with Gasteiger partial charge in [-0.1, -0.05) is 0 Å². The maximum Gasteiger partial charge on any atom is 0.245 e. The van der Waals surface area contributed by atoms with Gasteiger partial charge < -0.3 is 14.2 Å². The Morgan fingerprint density at radius 1 is 1.30 bits per heavy atom. The molecule has 108 valence electrons. The standard InChI is InChI=1S/C15H20N2O3/c18-14-7-6-13(15(19)16-8-2-1-3-9-16)17(14)11-12-5-4-10-20-12/h4-5,10,13H,1-3,6-9,11H2/t13-/m1/s1. The lowest BCUT2D eigenvalue weighted by molar-refractivity contribution is -0.142. The monoisotopic (exact) mass is 276 g/mol. The van der Waals surface area contributed by atoms with Crippen LogP contribution in [0.4, 0.5) is 0 Å². The Balaban J connectivity index is 1.70. The highest BCUT2D eigenvalue weighted by Crippen LogP contribution is 2.24. The second-order valence-electron chi connectivity index (χ2n) is 5.54. The minimum atomic E-state index is -0.300. The highest BCUT2D eigenvalue weighted by molar-refractivity contribution is 5.90. The maximum atomic E-state index is 12.6. The number of carbonyl (C=O) groups is 2. The van der Waals surface area contributed by atoms with Crippen molar-refractivity contribution in [2.45, 2.75) is 44.7 Å². The van der Waals surface area contributed by atoms with E-state index < -0.39 is 0 Å². The first-order chi connectivity index (χ1) is 9.75. The Labute approximate surface area is 118 Å². The first kappa shape index (κ1) is 13.2. The molecule has 1 atom stereocenters. The van der Waals surface area contributed by atoms with Crippen LogP contribution in [-0.2, 0) is 16.1 Å². The molecule has 3 heterocycles. The van der Waals surface area contributed by atoms with E-state index >= 15 is 0 Å². The van der Waals surface area contributed by atoms with Crippen LogP contribution in [-0.4, -0.2) is 40.7 Å². The average molecular weight is 276 g/mol. The van der Waals surface area contributed by atoms with Crippen LogP contribution in [0.2, 0.25) is 0 Å². The van der Waals surface area contributed by atoms with Gasteiger partial charge in [-0.25, -0.2) is 0 Å². The van der Waals surface area contributed by atoms with Gasteiger partial charge in [0.15, 0.2) is 0 Å². The number of rotatable bonds is 3. The summed E-state index contributed by atoms with van der Waals surface area (Å²) in [6.07, 6.45) is 6.04. The van der Waals surface area contributed by atoms with Gasteiger partial charge >= 0.3 is 0 Å². The van der Waals surface area contributed by atoms with Crippen LogP contribution in [0.1, 0.15) is 37.9 Å². The number of nitrogens with zero attached hydrogens (tertiary/aromatic N) is 2. The van der Waals surface area contributed by atoms with Crippen molar-refractivity contribution in [1.82, 2.24) is 9.80 Å². The Kier molecular flexibility index (Phi) is 3.76. The van der Waals surface area contributed by atoms with Crippen LogP contribution in [0.5, 0.6) is 0 Å². The molecule has 2 aliphatic heterocycles. The number of hydrogen-bond acceptors (Lipinski definition) is 3. The van der Waals surface area contributed by atoms with Crippen molar-refractivity contribution in [2.24, 2.45) is 0 Å². The van der Waals surface area contributed by atoms with E-state index in [1.54, 1.807) is 17.2 Å². The minimum Gasteiger partial charge on any atom is -0.467 e. The van der Waals surface area contributed by atoms with Gasteiger partial charge in [0, 0.05) is 19.5 Å². The Morgan fingerprint density at radius 3 is 2.80 bits per heavy atom. The molecule has 0 N–H and O–H groups in total. The summed E-state index contributed by atoms with van der Waals surface area (Å²) in [4.78, 5) is 28.2. The number of carbonyl (C=O) groups excluding carboxylic acids is 2. The van der Waals surface area contributed by atoms with E-state index in [0.29, 0.717) is 19.4 Å². The number of likely N-dealkylation sites (tertiary alicyclic amines) is 2. The summed E-state index contributed by atoms with van der Waals surface area (Å²) in [5.41, 5.74) is 0. The van der Waals surface area contributed by atoms with E-state index in [1.807, 2.05) is 11.0 Å². The zero-order valence-corrected chi connectivity index (χ0v) is 11.6. The summed E-state index contributed by atoms with van der Waals surface area (Å²) in [5.74, 6) is 0.899. The molecular formula is C15H20N2O3. The molecule has 0 spiro atoms. The smallest absolute Gasteiger partial charge is 0.245 e. The van der Waals surface area contributed by atoms with E-state index in [4.69, 9.17) is 4.42 Å². The van der Waals surface area contributed by atoms with Crippen molar-refractivity contribution < 1.29 is 14.0 Å². The molecule has 0 bridgehead atoms. The summed E-state index contributed by atoms with van der Waals surface area (Å²) in [5, 5.41) is 0. The van der Waals surface area contributed by atoms with Crippen LogP contribution in [0.3, 0.4) is 0 Å². The molecule has 2 fully saturated rings. The zero-order valence-electron chi connectivity index (χ0n) is 11.6. The fourth-order valence-electron chi connectivity index (χ4n) is 3.08. The fourth-order valence-corrected chi connectivity index (χ4v) is 3.08. The molecule has 0 unspecified atom stereocenters. The Morgan fingerprint density at radius 2 is 2.10 bits per heavy atom. The number of hydrogen-bond donors (Lipinski definition) is 0. The highest BCUT2D eigenvalue weighted by atomic mass is 16.3. The molecule has 2 amide bonds. The van der Waals surface area contributed by atoms with Crippen LogP contribution in [0, 0.1) is 0 Å². The number of piperidine rings is 1. The van der Waals surface area contributed by atoms with Crippen LogP contribution < -0.4 is 0 Å². The third kappa shape index (κ3) is 2.57. The molecule has 1 aromatic heterocycles. The van der Waals surface area contributed by atoms with Crippen molar-refractivity contribution in [2.75, 3.05) is 13.1 Å². The topological polar surface area (TPSA) is 53.8 Å². The Bertz CT molecular complexity index is 477. The highest BCUT2D eigenvalue weighted by Gasteiger charge is 2.38. The van der Waals surface area contributed by atoms with Crippen molar-refractivity contribution in [3.05, 3.63) is 24.2 Å². The molecule has 1 aromatic rings. The summed E-state index contributed by atoms with van der Waals surface area (Å²) in [6, 6.07) is 3.34. The largest absolute Gasteiger partial charge is 0.467 e. The van der Waals surface area contributed by atoms with Crippen molar-refractivity contribution in [3.8, 4) is 0 Å². The molecule has 0 aromatic carbocycles. The third-order valence-corrected chi connectivity index (χ3v) is 4.19. The summed E-state index contributed by atoms with van der Waals surface area (Å²) < 4.78 is 5.30. The number of furan rings is 1. The molecule has 20 heavy (non-hydrogen) atoms. The SMILES string of the molecule is O=C([C@H]1CCC(=O)N1Cc1ccco1)N1CCCCC1. The van der Waals surface area contributed by atoms with E-state index in [0.717, 1.165) is 31.7 Å². The van der Waals surface area contributed by atoms with Crippen LogP contribution in [0.25, 0.3) is 0 Å². The first-order valence-corrected chi connectivity index (χ1v) is 7.36. The third-order valence-electron chi connectivity index (χ3n) is 4.19. The van der Waals surface area contributed by atoms with Crippen LogP contribution in [0.15, 0.2) is 22.8 Å². The summed E-state index contributed by atoms with van der Waals surface area (Å²) in [6.45, 7) is 2.06. The van der Waals surface area contributed by atoms with Gasteiger partial charge in [-0.05, 0) is 37.8 Å². The van der Waals surface area contributed by atoms with Crippen molar-refractivity contribution in [3.63, 3.8) is 0 Å². The van der Waals surface area contributed by atoms with E-state index in [-0.39, 0.29) is 17.9 Å². The Hall–Kier alpha value is -1.78. The van der Waals surface area contributed by atoms with Crippen molar-refractivity contribution in [1.29, 1.82) is 0 Å². The van der Waals surface area contributed by atoms with Gasteiger partial charge in [-0.15, -0.1) is 0 Å². The second kappa shape index (κ2) is 5.69. The lowest BCUT2D eigenvalue weighted by Crippen LogP contribution is -2.48. The fraction of sp³-hybridized carbons (Fsp3) is 0.600. The molecule has 0 saturated carbocycles. The van der Waals surface area contributed by atoms with E-state index in [9.17, 15) is 9.59 Å². The number of amides is 2. The summed E-state index contributed by atoms with van der Waals surface area (Å²) >= 11 is 0. The lowest BCUT2D eigenvalue weighted by atomic mass is 10.1. The zero-order chi connectivity index (χ0) is 13.9. The normalized spacial score (nSPS) is 23.4. The molecule has 2 saturated heterocycles. The van der Waals surface area contributed by atoms with Gasteiger partial charge in [-0.2, -0.15) is 0 Å². The molecule has 0 radical (unpaired) electrons. The molecule has 5 nitrogen and oxygen atoms in total. The van der Waals surface area contributed by atoms with Crippen LogP contribution >= 0.6 is 0 Å². The van der Waals surface area contributed by atoms with Gasteiger partial charge in [0.2, 0.25) is 11.8 Å². The first-order valence-electron chi connectivity index (χ1n) is 7.36. The quantitative estimate of drug-likeness (QED) is 0.845. The average Bonchev–Trinajstić information content (AvgIpc) is 3.11. The molecule has 2 aliphatic rings. The predicted molar refractivity (Wildman–Crippen MR) is 72.7 cm³/mol. The van der Waals surface area contributed by atoms with Gasteiger partial charge in [0.05, 0.1) is 12.8 Å². The molecule has 5 heteroatoms. The lowest BCUT2D eigenvalue weighted by Gasteiger charge is -2.32. The summed E-state index contributed by atoms with van der Waals surface area (Å²) in [7, 11) is 0. The molecule has 3 rings (SSSR count).